The van der Waals surface area contributed by atoms with Gasteiger partial charge < -0.3 is 4.42 Å². The van der Waals surface area contributed by atoms with Crippen LogP contribution in [-0.4, -0.2) is 15.2 Å². The summed E-state index contributed by atoms with van der Waals surface area (Å²) in [6, 6.07) is 14.4. The van der Waals surface area contributed by atoms with Crippen LogP contribution >= 0.6 is 47.2 Å². The number of carbonyl (C=O) groups excluding carboxylic acids is 1. The summed E-state index contributed by atoms with van der Waals surface area (Å²) in [6.07, 6.45) is 1.55. The minimum Gasteiger partial charge on any atom is -0.456 e. The molecule has 0 spiro atoms. The topological polar surface area (TPSA) is 76.6 Å². The number of nitrogens with zero attached hydrogens (tertiary/aromatic N) is 2. The van der Waals surface area contributed by atoms with Gasteiger partial charge in [0.1, 0.15) is 11.5 Å². The molecule has 30 heavy (non-hydrogen) atoms. The number of halogens is 2. The summed E-state index contributed by atoms with van der Waals surface area (Å²) in [7, 11) is 0. The van der Waals surface area contributed by atoms with E-state index in [1.165, 1.54) is 17.0 Å². The zero-order valence-electron chi connectivity index (χ0n) is 14.9. The summed E-state index contributed by atoms with van der Waals surface area (Å²) in [5, 5.41) is 12.1. The normalized spacial score (nSPS) is 15.3. The van der Waals surface area contributed by atoms with Gasteiger partial charge in [0.05, 0.1) is 21.1 Å². The average Bonchev–Trinajstić information content (AvgIpc) is 3.26. The molecule has 4 rings (SSSR count). The van der Waals surface area contributed by atoms with Crippen molar-refractivity contribution < 1.29 is 14.1 Å². The minimum absolute atomic E-state index is 0.171. The Hall–Kier alpha value is -2.65. The molecule has 0 atom stereocenters. The summed E-state index contributed by atoms with van der Waals surface area (Å²) < 4.78 is 6.10. The lowest BCUT2D eigenvalue weighted by molar-refractivity contribution is -0.384. The third-order valence-electron chi connectivity index (χ3n) is 4.18. The second kappa shape index (κ2) is 8.23. The number of carbonyl (C=O) groups is 1. The number of hydrogen-bond acceptors (Lipinski definition) is 6. The molecule has 0 saturated carbocycles. The Morgan fingerprint density at radius 2 is 1.87 bits per heavy atom. The van der Waals surface area contributed by atoms with E-state index in [9.17, 15) is 14.9 Å². The standard InChI is InChI=1S/C20H10Cl2N2O4S2/c21-11-2-1-3-13(8-11)23-19(25)18(30-20(23)29)10-14-5-7-17(28-14)15-6-4-12(22)9-16(15)24(26)27/h1-10H/b18-10-. The van der Waals surface area contributed by atoms with Crippen LogP contribution in [0.1, 0.15) is 5.76 Å². The van der Waals surface area contributed by atoms with Crippen LogP contribution < -0.4 is 4.90 Å². The van der Waals surface area contributed by atoms with Gasteiger partial charge in [0.2, 0.25) is 0 Å². The quantitative estimate of drug-likeness (QED) is 0.183. The smallest absolute Gasteiger partial charge is 0.281 e. The van der Waals surface area contributed by atoms with Gasteiger partial charge in [-0.05, 0) is 42.5 Å². The molecule has 1 aromatic heterocycles. The number of benzene rings is 2. The zero-order chi connectivity index (χ0) is 21.4. The number of hydrogen-bond donors (Lipinski definition) is 0. The third kappa shape index (κ3) is 3.99. The molecule has 1 aliphatic rings. The van der Waals surface area contributed by atoms with E-state index in [0.29, 0.717) is 25.7 Å². The molecule has 1 fully saturated rings. The Morgan fingerprint density at radius 3 is 2.60 bits per heavy atom. The van der Waals surface area contributed by atoms with Crippen LogP contribution in [0.3, 0.4) is 0 Å². The number of thioether (sulfide) groups is 1. The molecular formula is C20H10Cl2N2O4S2. The first kappa shape index (κ1) is 20.6. The van der Waals surface area contributed by atoms with Crippen LogP contribution in [-0.2, 0) is 4.79 Å². The van der Waals surface area contributed by atoms with Gasteiger partial charge >= 0.3 is 0 Å². The maximum absolute atomic E-state index is 12.9. The van der Waals surface area contributed by atoms with Gasteiger partial charge in [0, 0.05) is 22.2 Å². The molecule has 150 valence electrons. The fraction of sp³-hybridized carbons (Fsp3) is 0. The van der Waals surface area contributed by atoms with Crippen molar-refractivity contribution in [1.82, 2.24) is 0 Å². The molecule has 0 N–H and O–H groups in total. The maximum atomic E-state index is 12.9. The third-order valence-corrected chi connectivity index (χ3v) is 5.95. The number of nitro benzene ring substituents is 1. The second-order valence-electron chi connectivity index (χ2n) is 6.12. The van der Waals surface area contributed by atoms with Crippen molar-refractivity contribution in [3.05, 3.63) is 85.4 Å². The highest BCUT2D eigenvalue weighted by atomic mass is 35.5. The van der Waals surface area contributed by atoms with Gasteiger partial charge in [0.25, 0.3) is 11.6 Å². The van der Waals surface area contributed by atoms with E-state index < -0.39 is 4.92 Å². The van der Waals surface area contributed by atoms with Gasteiger partial charge in [-0.2, -0.15) is 0 Å². The van der Waals surface area contributed by atoms with Gasteiger partial charge in [-0.25, -0.2) is 0 Å². The molecule has 3 aromatic rings. The fourth-order valence-electron chi connectivity index (χ4n) is 2.87. The van der Waals surface area contributed by atoms with Crippen molar-refractivity contribution in [2.75, 3.05) is 4.90 Å². The van der Waals surface area contributed by atoms with Gasteiger partial charge in [-0.1, -0.05) is 53.2 Å². The number of amides is 1. The molecule has 10 heteroatoms. The van der Waals surface area contributed by atoms with E-state index in [-0.39, 0.29) is 27.9 Å². The van der Waals surface area contributed by atoms with Crippen LogP contribution in [0.25, 0.3) is 17.4 Å². The van der Waals surface area contributed by atoms with Gasteiger partial charge in [-0.3, -0.25) is 19.8 Å². The summed E-state index contributed by atoms with van der Waals surface area (Å²) in [5.41, 5.74) is 0.691. The molecule has 1 saturated heterocycles. The van der Waals surface area contributed by atoms with Gasteiger partial charge in [-0.15, -0.1) is 0 Å². The van der Waals surface area contributed by atoms with E-state index in [2.05, 4.69) is 0 Å². The van der Waals surface area contributed by atoms with Crippen LogP contribution in [0.4, 0.5) is 11.4 Å². The summed E-state index contributed by atoms with van der Waals surface area (Å²) in [4.78, 5) is 25.4. The van der Waals surface area contributed by atoms with Crippen molar-refractivity contribution in [3.63, 3.8) is 0 Å². The molecule has 2 heterocycles. The Kier molecular flexibility index (Phi) is 5.66. The van der Waals surface area contributed by atoms with Crippen molar-refractivity contribution in [2.45, 2.75) is 0 Å². The molecule has 6 nitrogen and oxygen atoms in total. The molecule has 0 bridgehead atoms. The first-order valence-corrected chi connectivity index (χ1v) is 10.4. The van der Waals surface area contributed by atoms with E-state index in [4.69, 9.17) is 39.8 Å². The van der Waals surface area contributed by atoms with Crippen LogP contribution in [0.15, 0.2) is 63.9 Å². The number of anilines is 1. The monoisotopic (exact) mass is 476 g/mol. The van der Waals surface area contributed by atoms with E-state index in [1.54, 1.807) is 48.5 Å². The highest BCUT2D eigenvalue weighted by Gasteiger charge is 2.33. The summed E-state index contributed by atoms with van der Waals surface area (Å²) in [6.45, 7) is 0. The highest BCUT2D eigenvalue weighted by Crippen LogP contribution is 2.38. The Bertz CT molecular complexity index is 1240. The summed E-state index contributed by atoms with van der Waals surface area (Å²) >= 11 is 18.4. The Labute approximate surface area is 190 Å². The van der Waals surface area contributed by atoms with Crippen molar-refractivity contribution in [2.24, 2.45) is 0 Å². The van der Waals surface area contributed by atoms with Crippen LogP contribution in [0.5, 0.6) is 0 Å². The van der Waals surface area contributed by atoms with Crippen LogP contribution in [0.2, 0.25) is 10.0 Å². The maximum Gasteiger partial charge on any atom is 0.281 e. The number of furan rings is 1. The van der Waals surface area contributed by atoms with Crippen molar-refractivity contribution >= 4 is 74.9 Å². The van der Waals surface area contributed by atoms with Crippen molar-refractivity contribution in [3.8, 4) is 11.3 Å². The first-order chi connectivity index (χ1) is 14.3. The van der Waals surface area contributed by atoms with E-state index in [1.807, 2.05) is 0 Å². The molecule has 1 amide bonds. The molecule has 0 unspecified atom stereocenters. The molecule has 2 aromatic carbocycles. The lowest BCUT2D eigenvalue weighted by Crippen LogP contribution is -2.27. The van der Waals surface area contributed by atoms with Gasteiger partial charge in [0.15, 0.2) is 4.32 Å². The zero-order valence-corrected chi connectivity index (χ0v) is 18.0. The SMILES string of the molecule is O=C1/C(=C/c2ccc(-c3ccc(Cl)cc3[N+](=O)[O-])o2)SC(=S)N1c1cccc(Cl)c1. The molecule has 1 aliphatic heterocycles. The van der Waals surface area contributed by atoms with Crippen LogP contribution in [0, 0.1) is 10.1 Å². The van der Waals surface area contributed by atoms with E-state index in [0.717, 1.165) is 11.8 Å². The Balaban J connectivity index is 1.65. The fourth-order valence-corrected chi connectivity index (χ4v) is 4.50. The predicted octanol–water partition coefficient (Wildman–Crippen LogP) is 6.57. The molecular weight excluding hydrogens is 467 g/mol. The lowest BCUT2D eigenvalue weighted by atomic mass is 10.1. The minimum atomic E-state index is -0.528. The first-order valence-electron chi connectivity index (χ1n) is 8.41. The highest BCUT2D eigenvalue weighted by molar-refractivity contribution is 8.27. The van der Waals surface area contributed by atoms with Crippen molar-refractivity contribution in [1.29, 1.82) is 0 Å². The predicted molar refractivity (Wildman–Crippen MR) is 123 cm³/mol. The second-order valence-corrected chi connectivity index (χ2v) is 8.67. The lowest BCUT2D eigenvalue weighted by Gasteiger charge is -2.14. The number of nitro groups is 1. The van der Waals surface area contributed by atoms with E-state index >= 15 is 0 Å². The number of rotatable bonds is 4. The average molecular weight is 477 g/mol. The molecule has 0 aliphatic carbocycles. The molecule has 0 radical (unpaired) electrons. The Morgan fingerprint density at radius 1 is 1.10 bits per heavy atom. The summed E-state index contributed by atoms with van der Waals surface area (Å²) in [5.74, 6) is 0.346. The number of thiocarbonyl (C=S) groups is 1. The largest absolute Gasteiger partial charge is 0.456 e.